The van der Waals surface area contributed by atoms with Crippen molar-refractivity contribution in [2.75, 3.05) is 0 Å². The van der Waals surface area contributed by atoms with Gasteiger partial charge in [-0.1, -0.05) is 25.1 Å². The summed E-state index contributed by atoms with van der Waals surface area (Å²) in [6, 6.07) is 6.64. The molecule has 0 amide bonds. The van der Waals surface area contributed by atoms with Gasteiger partial charge in [0, 0.05) is 0 Å². The first-order chi connectivity index (χ1) is 6.63. The van der Waals surface area contributed by atoms with Crippen molar-refractivity contribution in [3.8, 4) is 5.75 Å². The zero-order valence-electron chi connectivity index (χ0n) is 7.91. The third kappa shape index (κ3) is 2.83. The fraction of sp³-hybridized carbons (Fsp3) is 0.273. The van der Waals surface area contributed by atoms with Crippen LogP contribution in [0.3, 0.4) is 0 Å². The van der Waals surface area contributed by atoms with Gasteiger partial charge in [0.1, 0.15) is 5.75 Å². The number of ether oxygens (including phenoxy) is 1. The van der Waals surface area contributed by atoms with Crippen LogP contribution < -0.4 is 4.74 Å². The molecule has 0 N–H and O–H groups in total. The number of rotatable bonds is 4. The van der Waals surface area contributed by atoms with Gasteiger partial charge in [0.05, 0.1) is 0 Å². The lowest BCUT2D eigenvalue weighted by Crippen LogP contribution is -2.02. The Morgan fingerprint density at radius 2 is 2.14 bits per heavy atom. The van der Waals surface area contributed by atoms with Gasteiger partial charge in [-0.25, -0.2) is 0 Å². The summed E-state index contributed by atoms with van der Waals surface area (Å²) in [5.74, 6) is 0.322. The molecule has 76 valence electrons. The number of allylic oxidation sites excluding steroid dienone is 1. The Kier molecular flexibility index (Phi) is 3.63. The Hall–Kier alpha value is -1.38. The Morgan fingerprint density at radius 1 is 1.43 bits per heavy atom. The van der Waals surface area contributed by atoms with Crippen molar-refractivity contribution in [1.82, 2.24) is 0 Å². The van der Waals surface area contributed by atoms with Crippen LogP contribution in [0.5, 0.6) is 5.75 Å². The molecule has 0 aliphatic rings. The minimum atomic E-state index is -2.77. The van der Waals surface area contributed by atoms with Crippen molar-refractivity contribution in [3.05, 3.63) is 42.5 Å². The summed E-state index contributed by atoms with van der Waals surface area (Å²) < 4.78 is 28.1. The number of hydrogen-bond acceptors (Lipinski definition) is 1. The third-order valence-corrected chi connectivity index (χ3v) is 1.96. The molecule has 1 aromatic rings. The van der Waals surface area contributed by atoms with Crippen LogP contribution in [0.15, 0.2) is 36.9 Å². The van der Waals surface area contributed by atoms with Crippen LogP contribution >= 0.6 is 0 Å². The van der Waals surface area contributed by atoms with Crippen LogP contribution in [-0.2, 0) is 0 Å². The molecule has 0 heterocycles. The van der Waals surface area contributed by atoms with Crippen molar-refractivity contribution in [3.63, 3.8) is 0 Å². The van der Waals surface area contributed by atoms with E-state index >= 15 is 0 Å². The molecule has 0 fully saturated rings. The molecule has 1 aromatic carbocycles. The number of hydrogen-bond donors (Lipinski definition) is 0. The highest BCUT2D eigenvalue weighted by Gasteiger charge is 2.06. The van der Waals surface area contributed by atoms with Crippen molar-refractivity contribution in [2.45, 2.75) is 19.5 Å². The maximum absolute atomic E-state index is 11.9. The summed E-state index contributed by atoms with van der Waals surface area (Å²) in [5, 5.41) is 0. The normalized spacial score (nSPS) is 12.6. The van der Waals surface area contributed by atoms with Gasteiger partial charge >= 0.3 is 6.61 Å². The number of benzene rings is 1. The SMILES string of the molecule is C=CC(C)c1cccc(OC(F)F)c1. The summed E-state index contributed by atoms with van der Waals surface area (Å²) in [7, 11) is 0. The van der Waals surface area contributed by atoms with E-state index in [0.29, 0.717) is 0 Å². The van der Waals surface area contributed by atoms with Crippen LogP contribution in [-0.4, -0.2) is 6.61 Å². The van der Waals surface area contributed by atoms with Gasteiger partial charge in [-0.15, -0.1) is 6.58 Å². The molecule has 1 nitrogen and oxygen atoms in total. The molecule has 1 atom stereocenters. The van der Waals surface area contributed by atoms with Crippen molar-refractivity contribution in [2.24, 2.45) is 0 Å². The van der Waals surface area contributed by atoms with E-state index in [1.54, 1.807) is 18.2 Å². The van der Waals surface area contributed by atoms with Crippen LogP contribution in [0.25, 0.3) is 0 Å². The summed E-state index contributed by atoms with van der Waals surface area (Å²) in [6.07, 6.45) is 1.75. The molecule has 0 saturated carbocycles. The van der Waals surface area contributed by atoms with Gasteiger partial charge in [-0.2, -0.15) is 8.78 Å². The fourth-order valence-electron chi connectivity index (χ4n) is 1.11. The van der Waals surface area contributed by atoms with Gasteiger partial charge in [0.15, 0.2) is 0 Å². The molecular formula is C11H12F2O. The lowest BCUT2D eigenvalue weighted by atomic mass is 10.0. The van der Waals surface area contributed by atoms with Crippen molar-refractivity contribution in [1.29, 1.82) is 0 Å². The van der Waals surface area contributed by atoms with E-state index in [1.165, 1.54) is 6.07 Å². The summed E-state index contributed by atoms with van der Waals surface area (Å²) in [6.45, 7) is 2.80. The van der Waals surface area contributed by atoms with Crippen LogP contribution in [0, 0.1) is 0 Å². The van der Waals surface area contributed by atoms with Crippen LogP contribution in [0.2, 0.25) is 0 Å². The lowest BCUT2D eigenvalue weighted by molar-refractivity contribution is -0.0498. The molecule has 3 heteroatoms. The molecule has 1 unspecified atom stereocenters. The van der Waals surface area contributed by atoms with E-state index in [4.69, 9.17) is 0 Å². The van der Waals surface area contributed by atoms with Crippen molar-refractivity contribution < 1.29 is 13.5 Å². The number of halogens is 2. The first-order valence-corrected chi connectivity index (χ1v) is 4.31. The Bertz CT molecular complexity index is 310. The van der Waals surface area contributed by atoms with E-state index in [2.05, 4.69) is 11.3 Å². The monoisotopic (exact) mass is 198 g/mol. The zero-order chi connectivity index (χ0) is 10.6. The average molecular weight is 198 g/mol. The van der Waals surface area contributed by atoms with Crippen molar-refractivity contribution >= 4 is 0 Å². The number of alkyl halides is 2. The molecule has 0 spiro atoms. The summed E-state index contributed by atoms with van der Waals surface area (Å²) in [5.41, 5.74) is 0.915. The second-order valence-corrected chi connectivity index (χ2v) is 2.98. The second kappa shape index (κ2) is 4.74. The van der Waals surface area contributed by atoms with E-state index in [0.717, 1.165) is 5.56 Å². The minimum Gasteiger partial charge on any atom is -0.435 e. The highest BCUT2D eigenvalue weighted by molar-refractivity contribution is 5.32. The molecule has 0 aromatic heterocycles. The second-order valence-electron chi connectivity index (χ2n) is 2.98. The van der Waals surface area contributed by atoms with Gasteiger partial charge in [-0.3, -0.25) is 0 Å². The first kappa shape index (κ1) is 10.7. The van der Waals surface area contributed by atoms with Crippen LogP contribution in [0.4, 0.5) is 8.78 Å². The predicted octanol–water partition coefficient (Wildman–Crippen LogP) is 3.58. The van der Waals surface area contributed by atoms with E-state index < -0.39 is 6.61 Å². The van der Waals surface area contributed by atoms with Gasteiger partial charge in [0.25, 0.3) is 0 Å². The summed E-state index contributed by atoms with van der Waals surface area (Å²) in [4.78, 5) is 0. The third-order valence-electron chi connectivity index (χ3n) is 1.96. The van der Waals surface area contributed by atoms with E-state index in [9.17, 15) is 8.78 Å². The quantitative estimate of drug-likeness (QED) is 0.672. The lowest BCUT2D eigenvalue weighted by Gasteiger charge is -2.09. The Balaban J connectivity index is 2.83. The van der Waals surface area contributed by atoms with Gasteiger partial charge < -0.3 is 4.74 Å². The first-order valence-electron chi connectivity index (χ1n) is 4.31. The molecule has 0 aliphatic heterocycles. The fourth-order valence-corrected chi connectivity index (χ4v) is 1.11. The van der Waals surface area contributed by atoms with E-state index in [1.807, 2.05) is 13.0 Å². The highest BCUT2D eigenvalue weighted by atomic mass is 19.3. The molecule has 0 bridgehead atoms. The molecule has 14 heavy (non-hydrogen) atoms. The highest BCUT2D eigenvalue weighted by Crippen LogP contribution is 2.22. The van der Waals surface area contributed by atoms with Gasteiger partial charge in [0.2, 0.25) is 0 Å². The van der Waals surface area contributed by atoms with E-state index in [-0.39, 0.29) is 11.7 Å². The maximum Gasteiger partial charge on any atom is 0.387 e. The molecule has 0 radical (unpaired) electrons. The average Bonchev–Trinajstić information content (AvgIpc) is 2.16. The largest absolute Gasteiger partial charge is 0.435 e. The molecule has 0 saturated heterocycles. The Morgan fingerprint density at radius 3 is 2.71 bits per heavy atom. The smallest absolute Gasteiger partial charge is 0.387 e. The molecular weight excluding hydrogens is 186 g/mol. The Labute approximate surface area is 82.0 Å². The molecule has 0 aliphatic carbocycles. The topological polar surface area (TPSA) is 9.23 Å². The molecule has 1 rings (SSSR count). The minimum absolute atomic E-state index is 0.135. The predicted molar refractivity (Wildman–Crippen MR) is 51.7 cm³/mol. The standard InChI is InChI=1S/C11H12F2O/c1-3-8(2)9-5-4-6-10(7-9)14-11(12)13/h3-8,11H,1H2,2H3. The van der Waals surface area contributed by atoms with Gasteiger partial charge in [-0.05, 0) is 23.6 Å². The van der Waals surface area contributed by atoms with Crippen LogP contribution in [0.1, 0.15) is 18.4 Å². The maximum atomic E-state index is 11.9. The summed E-state index contributed by atoms with van der Waals surface area (Å²) >= 11 is 0. The zero-order valence-corrected chi connectivity index (χ0v) is 7.91.